The first-order valence-electron chi connectivity index (χ1n) is 6.15. The predicted octanol–water partition coefficient (Wildman–Crippen LogP) is 3.72. The molecule has 0 saturated carbocycles. The summed E-state index contributed by atoms with van der Waals surface area (Å²) in [4.78, 5) is 23.3. The molecule has 1 aromatic rings. The third kappa shape index (κ3) is 3.96. The highest BCUT2D eigenvalue weighted by Gasteiger charge is 2.33. The molecule has 0 spiro atoms. The standard InChI is InChI=1S/C14H17BrClNO3/c1-8(2)14(3,7-11(18)19)17-13(20)9-5-4-6-10(15)12(9)16/h4-6,8H,7H2,1-3H3,(H,17,20)(H,18,19). The number of amides is 1. The second-order valence-electron chi connectivity index (χ2n) is 5.20. The summed E-state index contributed by atoms with van der Waals surface area (Å²) in [5, 5.41) is 12.1. The van der Waals surface area contributed by atoms with Crippen molar-refractivity contribution >= 4 is 39.4 Å². The van der Waals surface area contributed by atoms with Crippen LogP contribution in [0.2, 0.25) is 5.02 Å². The minimum atomic E-state index is -0.957. The van der Waals surface area contributed by atoms with Crippen LogP contribution >= 0.6 is 27.5 Å². The smallest absolute Gasteiger partial charge is 0.305 e. The number of hydrogen-bond acceptors (Lipinski definition) is 2. The van der Waals surface area contributed by atoms with Gasteiger partial charge >= 0.3 is 5.97 Å². The molecule has 2 N–H and O–H groups in total. The summed E-state index contributed by atoms with van der Waals surface area (Å²) in [6.45, 7) is 5.45. The Hall–Kier alpha value is -1.07. The highest BCUT2D eigenvalue weighted by Crippen LogP contribution is 2.27. The number of nitrogens with one attached hydrogen (secondary N) is 1. The van der Waals surface area contributed by atoms with Crippen LogP contribution < -0.4 is 5.32 Å². The van der Waals surface area contributed by atoms with Gasteiger partial charge in [0.1, 0.15) is 0 Å². The van der Waals surface area contributed by atoms with E-state index in [9.17, 15) is 9.59 Å². The van der Waals surface area contributed by atoms with Crippen molar-refractivity contribution in [3.63, 3.8) is 0 Å². The number of carboxylic acid groups (broad SMARTS) is 1. The number of halogens is 2. The predicted molar refractivity (Wildman–Crippen MR) is 82.1 cm³/mol. The van der Waals surface area contributed by atoms with Gasteiger partial charge in [-0.15, -0.1) is 0 Å². The SMILES string of the molecule is CC(C)C(C)(CC(=O)O)NC(=O)c1cccc(Br)c1Cl. The summed E-state index contributed by atoms with van der Waals surface area (Å²) in [5.74, 6) is -1.37. The molecule has 0 heterocycles. The lowest BCUT2D eigenvalue weighted by Crippen LogP contribution is -2.51. The Morgan fingerprint density at radius 2 is 2.05 bits per heavy atom. The summed E-state index contributed by atoms with van der Waals surface area (Å²) in [6, 6.07) is 5.04. The summed E-state index contributed by atoms with van der Waals surface area (Å²) in [6.07, 6.45) is -0.151. The minimum Gasteiger partial charge on any atom is -0.481 e. The monoisotopic (exact) mass is 361 g/mol. The van der Waals surface area contributed by atoms with Gasteiger partial charge in [0.25, 0.3) is 5.91 Å². The molecule has 0 saturated heterocycles. The van der Waals surface area contributed by atoms with Crippen LogP contribution in [0.25, 0.3) is 0 Å². The largest absolute Gasteiger partial charge is 0.481 e. The Labute approximate surface area is 131 Å². The van der Waals surface area contributed by atoms with Crippen molar-refractivity contribution in [3.8, 4) is 0 Å². The van der Waals surface area contributed by atoms with E-state index in [1.807, 2.05) is 13.8 Å². The van der Waals surface area contributed by atoms with Gasteiger partial charge in [-0.3, -0.25) is 9.59 Å². The highest BCUT2D eigenvalue weighted by atomic mass is 79.9. The molecular formula is C14H17BrClNO3. The second kappa shape index (κ2) is 6.59. The van der Waals surface area contributed by atoms with Crippen LogP contribution in [0.1, 0.15) is 37.6 Å². The molecule has 1 aromatic carbocycles. The van der Waals surface area contributed by atoms with Gasteiger partial charge in [0.05, 0.1) is 22.5 Å². The zero-order valence-corrected chi connectivity index (χ0v) is 13.9. The number of rotatable bonds is 5. The molecule has 0 aromatic heterocycles. The summed E-state index contributed by atoms with van der Waals surface area (Å²) >= 11 is 9.34. The van der Waals surface area contributed by atoms with Crippen LogP contribution in [-0.2, 0) is 4.79 Å². The normalized spacial score (nSPS) is 13.9. The van der Waals surface area contributed by atoms with E-state index in [0.29, 0.717) is 15.1 Å². The summed E-state index contributed by atoms with van der Waals surface area (Å²) < 4.78 is 0.622. The van der Waals surface area contributed by atoms with Crippen molar-refractivity contribution in [1.29, 1.82) is 0 Å². The molecule has 20 heavy (non-hydrogen) atoms. The summed E-state index contributed by atoms with van der Waals surface area (Å²) in [7, 11) is 0. The van der Waals surface area contributed by atoms with E-state index in [4.69, 9.17) is 16.7 Å². The molecule has 0 bridgehead atoms. The average molecular weight is 363 g/mol. The molecular weight excluding hydrogens is 346 g/mol. The van der Waals surface area contributed by atoms with E-state index >= 15 is 0 Å². The first kappa shape index (κ1) is 17.0. The van der Waals surface area contributed by atoms with E-state index < -0.39 is 11.5 Å². The van der Waals surface area contributed by atoms with Crippen molar-refractivity contribution in [3.05, 3.63) is 33.3 Å². The van der Waals surface area contributed by atoms with Crippen molar-refractivity contribution in [2.45, 2.75) is 32.7 Å². The maximum absolute atomic E-state index is 12.3. The quantitative estimate of drug-likeness (QED) is 0.839. The number of aliphatic carboxylic acids is 1. The molecule has 1 amide bonds. The van der Waals surface area contributed by atoms with Gasteiger partial charge in [-0.05, 0) is 40.9 Å². The summed E-state index contributed by atoms with van der Waals surface area (Å²) in [5.41, 5.74) is -0.521. The van der Waals surface area contributed by atoms with Crippen molar-refractivity contribution in [2.24, 2.45) is 5.92 Å². The van der Waals surface area contributed by atoms with Crippen LogP contribution in [0, 0.1) is 5.92 Å². The van der Waals surface area contributed by atoms with E-state index in [1.165, 1.54) is 0 Å². The third-order valence-corrected chi connectivity index (χ3v) is 4.68. The fraction of sp³-hybridized carbons (Fsp3) is 0.429. The highest BCUT2D eigenvalue weighted by molar-refractivity contribution is 9.10. The Morgan fingerprint density at radius 3 is 2.55 bits per heavy atom. The Balaban J connectivity index is 3.03. The van der Waals surface area contributed by atoms with Crippen LogP contribution in [0.3, 0.4) is 0 Å². The number of hydrogen-bond donors (Lipinski definition) is 2. The van der Waals surface area contributed by atoms with Gasteiger partial charge in [-0.25, -0.2) is 0 Å². The molecule has 1 unspecified atom stereocenters. The van der Waals surface area contributed by atoms with Gasteiger partial charge in [-0.1, -0.05) is 31.5 Å². The molecule has 1 atom stereocenters. The molecule has 0 radical (unpaired) electrons. The Morgan fingerprint density at radius 1 is 1.45 bits per heavy atom. The zero-order chi connectivity index (χ0) is 15.5. The number of carboxylic acids is 1. The van der Waals surface area contributed by atoms with E-state index in [1.54, 1.807) is 25.1 Å². The maximum atomic E-state index is 12.3. The Bertz CT molecular complexity index is 533. The first-order valence-corrected chi connectivity index (χ1v) is 7.33. The number of benzene rings is 1. The van der Waals surface area contributed by atoms with Gasteiger partial charge in [-0.2, -0.15) is 0 Å². The lowest BCUT2D eigenvalue weighted by atomic mass is 9.85. The maximum Gasteiger partial charge on any atom is 0.305 e. The first-order chi connectivity index (χ1) is 9.17. The molecule has 110 valence electrons. The lowest BCUT2D eigenvalue weighted by Gasteiger charge is -2.33. The molecule has 0 aliphatic heterocycles. The van der Waals surface area contributed by atoms with E-state index in [-0.39, 0.29) is 18.2 Å². The van der Waals surface area contributed by atoms with Gasteiger partial charge in [0.15, 0.2) is 0 Å². The van der Waals surface area contributed by atoms with Gasteiger partial charge < -0.3 is 10.4 Å². The Kier molecular flexibility index (Phi) is 5.59. The fourth-order valence-electron chi connectivity index (χ4n) is 1.71. The number of carbonyl (C=O) groups is 2. The van der Waals surface area contributed by atoms with Gasteiger partial charge in [0.2, 0.25) is 0 Å². The van der Waals surface area contributed by atoms with Crippen molar-refractivity contribution < 1.29 is 14.7 Å². The number of carbonyl (C=O) groups excluding carboxylic acids is 1. The average Bonchev–Trinajstić information content (AvgIpc) is 2.31. The van der Waals surface area contributed by atoms with Gasteiger partial charge in [0, 0.05) is 4.47 Å². The molecule has 0 aliphatic rings. The minimum absolute atomic E-state index is 0.0338. The molecule has 4 nitrogen and oxygen atoms in total. The van der Waals surface area contributed by atoms with Crippen LogP contribution in [-0.4, -0.2) is 22.5 Å². The lowest BCUT2D eigenvalue weighted by molar-refractivity contribution is -0.138. The van der Waals surface area contributed by atoms with Crippen molar-refractivity contribution in [1.82, 2.24) is 5.32 Å². The van der Waals surface area contributed by atoms with E-state index in [0.717, 1.165) is 0 Å². The molecule has 6 heteroatoms. The topological polar surface area (TPSA) is 66.4 Å². The zero-order valence-electron chi connectivity index (χ0n) is 11.5. The molecule has 0 aliphatic carbocycles. The third-order valence-electron chi connectivity index (χ3n) is 3.39. The second-order valence-corrected chi connectivity index (χ2v) is 6.43. The molecule has 1 rings (SSSR count). The van der Waals surface area contributed by atoms with E-state index in [2.05, 4.69) is 21.2 Å². The molecule has 0 fully saturated rings. The van der Waals surface area contributed by atoms with Crippen molar-refractivity contribution in [2.75, 3.05) is 0 Å². The van der Waals surface area contributed by atoms with Crippen LogP contribution in [0.15, 0.2) is 22.7 Å². The fourth-order valence-corrected chi connectivity index (χ4v) is 2.29. The van der Waals surface area contributed by atoms with Crippen LogP contribution in [0.5, 0.6) is 0 Å². The van der Waals surface area contributed by atoms with Crippen LogP contribution in [0.4, 0.5) is 0 Å².